The van der Waals surface area contributed by atoms with E-state index in [4.69, 9.17) is 10.2 Å². The molecule has 1 aliphatic carbocycles. The van der Waals surface area contributed by atoms with Crippen LogP contribution in [0.4, 0.5) is 0 Å². The first-order valence-electron chi connectivity index (χ1n) is 6.68. The van der Waals surface area contributed by atoms with Crippen LogP contribution in [0.2, 0.25) is 0 Å². The van der Waals surface area contributed by atoms with Gasteiger partial charge in [-0.3, -0.25) is 19.2 Å². The third kappa shape index (κ3) is 25.2. The number of aliphatic carboxylic acids is 2. The smallest absolute Gasteiger partial charge is 0.310 e. The Morgan fingerprint density at radius 3 is 0.900 bits per heavy atom. The summed E-state index contributed by atoms with van der Waals surface area (Å²) in [4.78, 5) is 38.9. The van der Waals surface area contributed by atoms with Gasteiger partial charge in [0, 0.05) is 0 Å². The molecule has 1 rings (SSSR count). The molecule has 0 aromatic heterocycles. The first kappa shape index (κ1) is 20.6. The summed E-state index contributed by atoms with van der Waals surface area (Å²) >= 11 is 0. The van der Waals surface area contributed by atoms with Crippen molar-refractivity contribution >= 4 is 23.5 Å². The lowest BCUT2D eigenvalue weighted by atomic mass is 10.0. The Labute approximate surface area is 119 Å². The monoisotopic (exact) mass is 288 g/mol. The minimum absolute atomic E-state index is 0.312. The fourth-order valence-electron chi connectivity index (χ4n) is 1.49. The van der Waals surface area contributed by atoms with Crippen LogP contribution in [0.15, 0.2) is 0 Å². The van der Waals surface area contributed by atoms with Gasteiger partial charge < -0.3 is 10.2 Å². The molecular weight excluding hydrogens is 264 g/mol. The summed E-state index contributed by atoms with van der Waals surface area (Å²) in [5.74, 6) is -2.75. The molecule has 20 heavy (non-hydrogen) atoms. The van der Waals surface area contributed by atoms with Crippen LogP contribution in [-0.4, -0.2) is 33.7 Å². The zero-order valence-corrected chi connectivity index (χ0v) is 12.2. The largest absolute Gasteiger partial charge is 0.481 e. The van der Waals surface area contributed by atoms with Crippen LogP contribution in [0.1, 0.15) is 65.2 Å². The van der Waals surface area contributed by atoms with Gasteiger partial charge >= 0.3 is 11.9 Å². The number of hydrogen-bond donors (Lipinski definition) is 2. The molecule has 0 aromatic rings. The Bertz CT molecular complexity index is 256. The molecule has 2 N–H and O–H groups in total. The van der Waals surface area contributed by atoms with Gasteiger partial charge in [0.25, 0.3) is 0 Å². The maximum Gasteiger partial charge on any atom is 0.310 e. The summed E-state index contributed by atoms with van der Waals surface area (Å²) in [7, 11) is 0. The average Bonchev–Trinajstić information content (AvgIpc) is 2.29. The number of carboxylic acid groups (broad SMARTS) is 2. The van der Waals surface area contributed by atoms with Crippen molar-refractivity contribution in [3.63, 3.8) is 0 Å². The molecular formula is C14H24O6. The van der Waals surface area contributed by atoms with Crippen molar-refractivity contribution in [3.8, 4) is 0 Å². The molecule has 0 unspecified atom stereocenters. The molecule has 0 aromatic carbocycles. The third-order valence-electron chi connectivity index (χ3n) is 2.30. The van der Waals surface area contributed by atoms with Crippen LogP contribution in [0.5, 0.6) is 0 Å². The highest BCUT2D eigenvalue weighted by molar-refractivity contribution is 5.93. The number of carbonyl (C=O) groups is 4. The SMILES string of the molecule is C1CCCCC1.CC(=O)CC(=O)O.CC(=O)CC(=O)O. The van der Waals surface area contributed by atoms with E-state index in [1.165, 1.54) is 52.4 Å². The van der Waals surface area contributed by atoms with Crippen molar-refractivity contribution in [2.24, 2.45) is 0 Å². The Hall–Kier alpha value is -1.72. The molecule has 0 spiro atoms. The van der Waals surface area contributed by atoms with E-state index in [1.54, 1.807) is 0 Å². The topological polar surface area (TPSA) is 109 Å². The Morgan fingerprint density at radius 1 is 0.650 bits per heavy atom. The highest BCUT2D eigenvalue weighted by Gasteiger charge is 1.98. The Kier molecular flexibility index (Phi) is 14.1. The lowest BCUT2D eigenvalue weighted by molar-refractivity contribution is -0.141. The summed E-state index contributed by atoms with van der Waals surface area (Å²) in [5.41, 5.74) is 0. The maximum absolute atomic E-state index is 9.87. The second-order valence-corrected chi connectivity index (χ2v) is 4.67. The van der Waals surface area contributed by atoms with Crippen molar-refractivity contribution in [2.45, 2.75) is 65.2 Å². The number of carboxylic acids is 2. The van der Waals surface area contributed by atoms with E-state index in [0.29, 0.717) is 0 Å². The Balaban J connectivity index is 0. The zero-order valence-electron chi connectivity index (χ0n) is 12.2. The van der Waals surface area contributed by atoms with Crippen LogP contribution in [0.3, 0.4) is 0 Å². The minimum Gasteiger partial charge on any atom is -0.481 e. The number of carbonyl (C=O) groups excluding carboxylic acids is 2. The predicted octanol–water partition coefficient (Wildman–Crippen LogP) is 2.44. The van der Waals surface area contributed by atoms with E-state index in [2.05, 4.69) is 0 Å². The first-order valence-corrected chi connectivity index (χ1v) is 6.68. The normalized spacial score (nSPS) is 12.9. The molecule has 1 fully saturated rings. The van der Waals surface area contributed by atoms with E-state index in [9.17, 15) is 19.2 Å². The van der Waals surface area contributed by atoms with Crippen molar-refractivity contribution in [1.82, 2.24) is 0 Å². The maximum atomic E-state index is 9.87. The summed E-state index contributed by atoms with van der Waals surface area (Å²) in [5, 5.41) is 15.7. The number of Topliss-reactive ketones (excluding diaryl/α,β-unsaturated/α-hetero) is 2. The standard InChI is InChI=1S/C6H12.2C4H6O3/c1-2-4-6-5-3-1;2*1-3(5)2-4(6)7/h1-6H2;2*2H2,1H3,(H,6,7). The number of ketones is 2. The van der Waals surface area contributed by atoms with Gasteiger partial charge in [0.1, 0.15) is 24.4 Å². The van der Waals surface area contributed by atoms with Gasteiger partial charge in [-0.1, -0.05) is 38.5 Å². The lowest BCUT2D eigenvalue weighted by Crippen LogP contribution is -2.00. The Morgan fingerprint density at radius 2 is 0.850 bits per heavy atom. The van der Waals surface area contributed by atoms with Crippen molar-refractivity contribution in [3.05, 3.63) is 0 Å². The second-order valence-electron chi connectivity index (χ2n) is 4.67. The second kappa shape index (κ2) is 13.7. The number of rotatable bonds is 4. The summed E-state index contributed by atoms with van der Waals surface area (Å²) < 4.78 is 0. The lowest BCUT2D eigenvalue weighted by Gasteiger charge is -2.05. The fraction of sp³-hybridized carbons (Fsp3) is 0.714. The van der Waals surface area contributed by atoms with Crippen LogP contribution < -0.4 is 0 Å². The van der Waals surface area contributed by atoms with E-state index in [-0.39, 0.29) is 24.4 Å². The van der Waals surface area contributed by atoms with Gasteiger partial charge in [-0.2, -0.15) is 0 Å². The van der Waals surface area contributed by atoms with E-state index < -0.39 is 11.9 Å². The third-order valence-corrected chi connectivity index (χ3v) is 2.30. The van der Waals surface area contributed by atoms with E-state index in [0.717, 1.165) is 0 Å². The fourth-order valence-corrected chi connectivity index (χ4v) is 1.49. The van der Waals surface area contributed by atoms with Crippen LogP contribution in [0.25, 0.3) is 0 Å². The summed E-state index contributed by atoms with van der Waals surface area (Å²) in [6.45, 7) is 2.49. The van der Waals surface area contributed by atoms with E-state index in [1.807, 2.05) is 0 Å². The average molecular weight is 288 g/mol. The molecule has 6 nitrogen and oxygen atoms in total. The molecule has 0 aliphatic heterocycles. The van der Waals surface area contributed by atoms with Gasteiger partial charge in [0.2, 0.25) is 0 Å². The summed E-state index contributed by atoms with van der Waals surface area (Å²) in [6.07, 6.45) is 8.28. The first-order chi connectivity index (χ1) is 9.25. The van der Waals surface area contributed by atoms with Gasteiger partial charge in [0.05, 0.1) is 0 Å². The highest BCUT2D eigenvalue weighted by Crippen LogP contribution is 2.15. The zero-order chi connectivity index (χ0) is 16.0. The van der Waals surface area contributed by atoms with Gasteiger partial charge in [-0.05, 0) is 13.8 Å². The quantitative estimate of drug-likeness (QED) is 0.769. The number of hydrogen-bond acceptors (Lipinski definition) is 4. The molecule has 116 valence electrons. The van der Waals surface area contributed by atoms with Crippen molar-refractivity contribution in [2.75, 3.05) is 0 Å². The highest BCUT2D eigenvalue weighted by atomic mass is 16.4. The molecule has 6 heteroatoms. The van der Waals surface area contributed by atoms with Gasteiger partial charge in [0.15, 0.2) is 0 Å². The van der Waals surface area contributed by atoms with Crippen LogP contribution in [0, 0.1) is 0 Å². The molecule has 0 heterocycles. The molecule has 0 radical (unpaired) electrons. The molecule has 0 bridgehead atoms. The molecule has 1 saturated carbocycles. The van der Waals surface area contributed by atoms with Gasteiger partial charge in [-0.15, -0.1) is 0 Å². The summed E-state index contributed by atoms with van der Waals surface area (Å²) in [6, 6.07) is 0. The molecule has 0 amide bonds. The predicted molar refractivity (Wildman–Crippen MR) is 73.6 cm³/mol. The molecule has 1 aliphatic rings. The van der Waals surface area contributed by atoms with Crippen molar-refractivity contribution in [1.29, 1.82) is 0 Å². The molecule has 0 atom stereocenters. The molecule has 0 saturated heterocycles. The minimum atomic E-state index is -1.06. The van der Waals surface area contributed by atoms with E-state index >= 15 is 0 Å². The van der Waals surface area contributed by atoms with Crippen molar-refractivity contribution < 1.29 is 29.4 Å². The van der Waals surface area contributed by atoms with Crippen LogP contribution in [-0.2, 0) is 19.2 Å². The van der Waals surface area contributed by atoms with Gasteiger partial charge in [-0.25, -0.2) is 0 Å². The van der Waals surface area contributed by atoms with Crippen LogP contribution >= 0.6 is 0 Å².